The molecular weight excluding hydrogens is 307 g/mol. The van der Waals surface area contributed by atoms with Gasteiger partial charge in [-0.15, -0.1) is 0 Å². The maximum Gasteiger partial charge on any atom is 0.252 e. The number of amides is 1. The third-order valence-electron chi connectivity index (χ3n) is 4.51. The summed E-state index contributed by atoms with van der Waals surface area (Å²) in [5.41, 5.74) is 7.05. The number of hydrogen-bond donors (Lipinski definition) is 3. The zero-order chi connectivity index (χ0) is 17.6. The van der Waals surface area contributed by atoms with E-state index in [2.05, 4.69) is 43.0 Å². The number of pyridine rings is 1. The molecule has 0 saturated carbocycles. The Hall–Kier alpha value is -2.63. The van der Waals surface area contributed by atoms with E-state index >= 15 is 0 Å². The second kappa shape index (κ2) is 5.47. The number of hydrogen-bond acceptors (Lipinski definition) is 3. The van der Waals surface area contributed by atoms with E-state index in [4.69, 9.17) is 5.73 Å². The predicted octanol–water partition coefficient (Wildman–Crippen LogP) is 3.80. The molecule has 0 aliphatic heterocycles. The molecule has 4 N–H and O–H groups in total. The van der Waals surface area contributed by atoms with E-state index in [1.54, 1.807) is 6.07 Å². The van der Waals surface area contributed by atoms with Gasteiger partial charge in [0.15, 0.2) is 0 Å². The number of anilines is 1. The number of rotatable bonds is 3. The van der Waals surface area contributed by atoms with Gasteiger partial charge >= 0.3 is 0 Å². The Bertz CT molecular complexity index is 939. The fraction of sp³-hybridized carbons (Fsp3) is 0.333. The molecule has 0 unspecified atom stereocenters. The highest BCUT2D eigenvalue weighted by molar-refractivity contribution is 6.18. The van der Waals surface area contributed by atoms with Crippen LogP contribution in [0.15, 0.2) is 24.4 Å². The monoisotopic (exact) mass is 328 g/mol. The van der Waals surface area contributed by atoms with Gasteiger partial charge in [0.1, 0.15) is 11.6 Å². The number of primary amides is 1. The molecule has 2 heterocycles. The van der Waals surface area contributed by atoms with Crippen LogP contribution in [-0.2, 0) is 0 Å². The molecule has 1 atom stereocenters. The smallest absolute Gasteiger partial charge is 0.252 e. The average Bonchev–Trinajstić information content (AvgIpc) is 2.85. The molecule has 126 valence electrons. The SMILES string of the molecule is C[C@@H](Nc1ncc(C(N)=O)c2[nH]c3ccc(F)cc3c12)C(C)(C)C. The highest BCUT2D eigenvalue weighted by atomic mass is 19.1. The van der Waals surface area contributed by atoms with Crippen LogP contribution in [-0.4, -0.2) is 21.9 Å². The second-order valence-electron chi connectivity index (χ2n) is 7.18. The van der Waals surface area contributed by atoms with Crippen molar-refractivity contribution in [2.24, 2.45) is 11.1 Å². The van der Waals surface area contributed by atoms with E-state index in [-0.39, 0.29) is 22.8 Å². The molecule has 0 fully saturated rings. The number of aromatic amines is 1. The summed E-state index contributed by atoms with van der Waals surface area (Å²) in [5, 5.41) is 4.73. The molecular formula is C18H21FN4O. The number of carbonyl (C=O) groups is 1. The first kappa shape index (κ1) is 16.2. The summed E-state index contributed by atoms with van der Waals surface area (Å²) in [5.74, 6) is -0.313. The van der Waals surface area contributed by atoms with Crippen LogP contribution in [0.25, 0.3) is 21.8 Å². The number of nitrogens with two attached hydrogens (primary N) is 1. The molecule has 5 nitrogen and oxygen atoms in total. The number of H-pyrrole nitrogens is 1. The minimum absolute atomic E-state index is 0.00766. The van der Waals surface area contributed by atoms with Gasteiger partial charge in [-0.3, -0.25) is 4.79 Å². The van der Waals surface area contributed by atoms with Crippen molar-refractivity contribution < 1.29 is 9.18 Å². The number of nitrogens with one attached hydrogen (secondary N) is 2. The second-order valence-corrected chi connectivity index (χ2v) is 7.18. The summed E-state index contributed by atoms with van der Waals surface area (Å²) in [6.45, 7) is 8.42. The number of halogens is 1. The zero-order valence-corrected chi connectivity index (χ0v) is 14.2. The van der Waals surface area contributed by atoms with Crippen LogP contribution < -0.4 is 11.1 Å². The quantitative estimate of drug-likeness (QED) is 0.684. The Kier molecular flexibility index (Phi) is 3.70. The minimum Gasteiger partial charge on any atom is -0.367 e. The Morgan fingerprint density at radius 2 is 2.08 bits per heavy atom. The molecule has 1 aromatic carbocycles. The van der Waals surface area contributed by atoms with Crippen LogP contribution in [0.1, 0.15) is 38.1 Å². The van der Waals surface area contributed by atoms with Gasteiger partial charge in [0.2, 0.25) is 0 Å². The summed E-state index contributed by atoms with van der Waals surface area (Å²) >= 11 is 0. The van der Waals surface area contributed by atoms with E-state index in [1.807, 2.05) is 0 Å². The van der Waals surface area contributed by atoms with E-state index in [1.165, 1.54) is 18.3 Å². The van der Waals surface area contributed by atoms with Crippen LogP contribution in [0.2, 0.25) is 0 Å². The molecule has 0 bridgehead atoms. The average molecular weight is 328 g/mol. The lowest BCUT2D eigenvalue weighted by Gasteiger charge is -2.28. The maximum atomic E-state index is 13.7. The summed E-state index contributed by atoms with van der Waals surface area (Å²) in [4.78, 5) is 19.3. The van der Waals surface area contributed by atoms with Crippen molar-refractivity contribution in [3.05, 3.63) is 35.8 Å². The van der Waals surface area contributed by atoms with Crippen molar-refractivity contribution >= 4 is 33.5 Å². The van der Waals surface area contributed by atoms with Gasteiger partial charge in [0.05, 0.1) is 16.5 Å². The van der Waals surface area contributed by atoms with Gasteiger partial charge in [-0.05, 0) is 30.5 Å². The van der Waals surface area contributed by atoms with Crippen LogP contribution in [0.4, 0.5) is 10.2 Å². The standard InChI is InChI=1S/C18H21FN4O/c1-9(18(2,3)4)22-17-14-11-7-10(19)5-6-13(11)23-15(14)12(8-21-17)16(20)24/h5-9,23H,1-4H3,(H2,20,24)(H,21,22)/t9-/m1/s1. The number of nitrogens with zero attached hydrogens (tertiary/aromatic N) is 1. The normalized spacial score (nSPS) is 13.4. The first-order chi connectivity index (χ1) is 11.2. The molecule has 0 saturated heterocycles. The summed E-state index contributed by atoms with van der Waals surface area (Å²) in [6, 6.07) is 4.58. The summed E-state index contributed by atoms with van der Waals surface area (Å²) in [7, 11) is 0. The van der Waals surface area contributed by atoms with Crippen LogP contribution in [0.5, 0.6) is 0 Å². The minimum atomic E-state index is -0.574. The molecule has 1 amide bonds. The molecule has 3 rings (SSSR count). The van der Waals surface area contributed by atoms with Crippen LogP contribution in [0.3, 0.4) is 0 Å². The summed E-state index contributed by atoms with van der Waals surface area (Å²) in [6.07, 6.45) is 1.45. The van der Waals surface area contributed by atoms with Gasteiger partial charge in [-0.2, -0.15) is 0 Å². The molecule has 0 spiro atoms. The third-order valence-corrected chi connectivity index (χ3v) is 4.51. The van der Waals surface area contributed by atoms with Crippen molar-refractivity contribution in [3.63, 3.8) is 0 Å². The van der Waals surface area contributed by atoms with Gasteiger partial charge in [0, 0.05) is 23.1 Å². The van der Waals surface area contributed by atoms with Crippen LogP contribution in [0, 0.1) is 11.2 Å². The number of aromatic nitrogens is 2. The number of benzene rings is 1. The molecule has 3 aromatic rings. The Labute approximate surface area is 139 Å². The molecule has 0 aliphatic carbocycles. The van der Waals surface area contributed by atoms with Gasteiger partial charge in [-0.1, -0.05) is 20.8 Å². The van der Waals surface area contributed by atoms with Gasteiger partial charge in [-0.25, -0.2) is 9.37 Å². The Morgan fingerprint density at radius 3 is 2.71 bits per heavy atom. The lowest BCUT2D eigenvalue weighted by atomic mass is 9.88. The van der Waals surface area contributed by atoms with Crippen molar-refractivity contribution in [3.8, 4) is 0 Å². The van der Waals surface area contributed by atoms with Crippen molar-refractivity contribution in [2.45, 2.75) is 33.7 Å². The fourth-order valence-corrected chi connectivity index (χ4v) is 2.59. The Balaban J connectivity index is 2.30. The first-order valence-electron chi connectivity index (χ1n) is 7.84. The third kappa shape index (κ3) is 2.68. The topological polar surface area (TPSA) is 83.8 Å². The van der Waals surface area contributed by atoms with E-state index < -0.39 is 5.91 Å². The highest BCUT2D eigenvalue weighted by Crippen LogP contribution is 2.34. The lowest BCUT2D eigenvalue weighted by Crippen LogP contribution is -2.31. The van der Waals surface area contributed by atoms with Gasteiger partial charge < -0.3 is 16.0 Å². The molecule has 24 heavy (non-hydrogen) atoms. The van der Waals surface area contributed by atoms with Crippen molar-refractivity contribution in [1.82, 2.24) is 9.97 Å². The number of fused-ring (bicyclic) bond motifs is 3. The Morgan fingerprint density at radius 1 is 1.38 bits per heavy atom. The van der Waals surface area contributed by atoms with Crippen molar-refractivity contribution in [1.29, 1.82) is 0 Å². The van der Waals surface area contributed by atoms with E-state index in [9.17, 15) is 9.18 Å². The molecule has 6 heteroatoms. The lowest BCUT2D eigenvalue weighted by molar-refractivity contribution is 0.100. The highest BCUT2D eigenvalue weighted by Gasteiger charge is 2.23. The maximum absolute atomic E-state index is 13.7. The largest absolute Gasteiger partial charge is 0.367 e. The van der Waals surface area contributed by atoms with Crippen LogP contribution >= 0.6 is 0 Å². The zero-order valence-electron chi connectivity index (χ0n) is 14.2. The summed E-state index contributed by atoms with van der Waals surface area (Å²) < 4.78 is 13.7. The molecule has 2 aromatic heterocycles. The van der Waals surface area contributed by atoms with Gasteiger partial charge in [0.25, 0.3) is 5.91 Å². The number of carbonyl (C=O) groups excluding carboxylic acids is 1. The fourth-order valence-electron chi connectivity index (χ4n) is 2.59. The molecule has 0 aliphatic rings. The first-order valence-corrected chi connectivity index (χ1v) is 7.84. The predicted molar refractivity (Wildman–Crippen MR) is 94.6 cm³/mol. The van der Waals surface area contributed by atoms with E-state index in [0.29, 0.717) is 22.1 Å². The molecule has 0 radical (unpaired) electrons. The van der Waals surface area contributed by atoms with E-state index in [0.717, 1.165) is 5.52 Å². The van der Waals surface area contributed by atoms with Crippen molar-refractivity contribution in [2.75, 3.05) is 5.32 Å².